The fourth-order valence-corrected chi connectivity index (χ4v) is 2.28. The summed E-state index contributed by atoms with van der Waals surface area (Å²) in [5.74, 6) is 0.704. The molecule has 102 valence electrons. The van der Waals surface area contributed by atoms with E-state index in [1.54, 1.807) is 0 Å². The smallest absolute Gasteiger partial charge is 0.239 e. The molecule has 0 saturated heterocycles. The molecule has 2 aromatic rings. The summed E-state index contributed by atoms with van der Waals surface area (Å²) in [5, 5.41) is 2.56. The van der Waals surface area contributed by atoms with Crippen LogP contribution < -0.4 is 5.32 Å². The molecule has 0 saturated carbocycles. The SMILES string of the molecule is CCNC(=O)Cn1c(C(C)Cl)nc2ccc(C)cc21. The van der Waals surface area contributed by atoms with Gasteiger partial charge in [-0.25, -0.2) is 4.98 Å². The number of rotatable bonds is 4. The second-order valence-corrected chi connectivity index (χ2v) is 5.27. The summed E-state index contributed by atoms with van der Waals surface area (Å²) in [6.45, 7) is 6.66. The van der Waals surface area contributed by atoms with Crippen LogP contribution in [-0.2, 0) is 11.3 Å². The summed E-state index contributed by atoms with van der Waals surface area (Å²) >= 11 is 6.17. The minimum absolute atomic E-state index is 0.0260. The monoisotopic (exact) mass is 279 g/mol. The first-order chi connectivity index (χ1) is 9.02. The van der Waals surface area contributed by atoms with E-state index < -0.39 is 0 Å². The highest BCUT2D eigenvalue weighted by Crippen LogP contribution is 2.25. The minimum atomic E-state index is -0.234. The lowest BCUT2D eigenvalue weighted by atomic mass is 10.2. The lowest BCUT2D eigenvalue weighted by molar-refractivity contribution is -0.121. The lowest BCUT2D eigenvalue weighted by Gasteiger charge is -2.10. The molecule has 0 radical (unpaired) electrons. The van der Waals surface area contributed by atoms with Crippen molar-refractivity contribution >= 4 is 28.5 Å². The van der Waals surface area contributed by atoms with Crippen molar-refractivity contribution in [3.05, 3.63) is 29.6 Å². The zero-order chi connectivity index (χ0) is 14.0. The van der Waals surface area contributed by atoms with Crippen LogP contribution in [-0.4, -0.2) is 22.0 Å². The van der Waals surface area contributed by atoms with Crippen LogP contribution in [0.2, 0.25) is 0 Å². The third-order valence-electron chi connectivity index (χ3n) is 2.96. The number of likely N-dealkylation sites (N-methyl/N-ethyl adjacent to an activating group) is 1. The number of aromatic nitrogens is 2. The molecule has 19 heavy (non-hydrogen) atoms. The summed E-state index contributed by atoms with van der Waals surface area (Å²) in [7, 11) is 0. The van der Waals surface area contributed by atoms with Crippen LogP contribution >= 0.6 is 11.6 Å². The van der Waals surface area contributed by atoms with Crippen LogP contribution in [0.3, 0.4) is 0 Å². The van der Waals surface area contributed by atoms with Crippen molar-refractivity contribution in [1.82, 2.24) is 14.9 Å². The quantitative estimate of drug-likeness (QED) is 0.875. The van der Waals surface area contributed by atoms with Crippen molar-refractivity contribution in [3.63, 3.8) is 0 Å². The molecule has 0 bridgehead atoms. The van der Waals surface area contributed by atoms with Crippen molar-refractivity contribution < 1.29 is 4.79 Å². The van der Waals surface area contributed by atoms with Gasteiger partial charge in [-0.15, -0.1) is 11.6 Å². The molecule has 1 unspecified atom stereocenters. The van der Waals surface area contributed by atoms with E-state index in [0.717, 1.165) is 22.4 Å². The molecule has 1 N–H and O–H groups in total. The number of amides is 1. The molecule has 0 aliphatic carbocycles. The Morgan fingerprint density at radius 3 is 2.89 bits per heavy atom. The Kier molecular flexibility index (Phi) is 4.10. The average Bonchev–Trinajstić information content (AvgIpc) is 2.68. The number of aryl methyl sites for hydroxylation is 1. The predicted octanol–water partition coefficient (Wildman–Crippen LogP) is 2.78. The molecule has 0 aliphatic rings. The summed E-state index contributed by atoms with van der Waals surface area (Å²) < 4.78 is 1.89. The van der Waals surface area contributed by atoms with Gasteiger partial charge in [0.25, 0.3) is 0 Å². The maximum atomic E-state index is 11.8. The van der Waals surface area contributed by atoms with Crippen LogP contribution in [0.1, 0.15) is 30.6 Å². The molecule has 0 spiro atoms. The molecule has 1 atom stereocenters. The molecule has 0 aliphatic heterocycles. The van der Waals surface area contributed by atoms with E-state index in [2.05, 4.69) is 10.3 Å². The molecule has 1 aromatic heterocycles. The number of nitrogens with one attached hydrogen (secondary N) is 1. The third-order valence-corrected chi connectivity index (χ3v) is 3.16. The molecule has 2 rings (SSSR count). The maximum absolute atomic E-state index is 11.8. The fraction of sp³-hybridized carbons (Fsp3) is 0.429. The number of alkyl halides is 1. The number of imidazole rings is 1. The Bertz CT molecular complexity index is 604. The Morgan fingerprint density at radius 2 is 2.26 bits per heavy atom. The van der Waals surface area contributed by atoms with Crippen molar-refractivity contribution in [3.8, 4) is 0 Å². The van der Waals surface area contributed by atoms with E-state index in [1.807, 2.05) is 43.5 Å². The fourth-order valence-electron chi connectivity index (χ4n) is 2.12. The largest absolute Gasteiger partial charge is 0.355 e. The van der Waals surface area contributed by atoms with Gasteiger partial charge < -0.3 is 9.88 Å². The Balaban J connectivity index is 2.50. The van der Waals surface area contributed by atoms with E-state index in [0.29, 0.717) is 6.54 Å². The zero-order valence-corrected chi connectivity index (χ0v) is 12.2. The first-order valence-corrected chi connectivity index (χ1v) is 6.84. The molecule has 1 aromatic carbocycles. The number of benzene rings is 1. The molecule has 1 heterocycles. The highest BCUT2D eigenvalue weighted by molar-refractivity contribution is 6.20. The molecule has 5 heteroatoms. The van der Waals surface area contributed by atoms with Gasteiger partial charge in [-0.2, -0.15) is 0 Å². The van der Waals surface area contributed by atoms with E-state index in [1.165, 1.54) is 0 Å². The van der Waals surface area contributed by atoms with E-state index in [4.69, 9.17) is 11.6 Å². The third kappa shape index (κ3) is 2.89. The number of carbonyl (C=O) groups excluding carboxylic acids is 1. The average molecular weight is 280 g/mol. The Hall–Kier alpha value is -1.55. The first-order valence-electron chi connectivity index (χ1n) is 6.40. The van der Waals surface area contributed by atoms with Gasteiger partial charge in [0.1, 0.15) is 12.4 Å². The number of hydrogen-bond donors (Lipinski definition) is 1. The predicted molar refractivity (Wildman–Crippen MR) is 77.4 cm³/mol. The summed E-state index contributed by atoms with van der Waals surface area (Å²) in [6.07, 6.45) is 0. The number of carbonyl (C=O) groups is 1. The second kappa shape index (κ2) is 5.61. The van der Waals surface area contributed by atoms with Crippen LogP contribution in [0.25, 0.3) is 11.0 Å². The van der Waals surface area contributed by atoms with Gasteiger partial charge >= 0.3 is 0 Å². The molecular formula is C14H18ClN3O. The van der Waals surface area contributed by atoms with Gasteiger partial charge in [-0.3, -0.25) is 4.79 Å². The minimum Gasteiger partial charge on any atom is -0.355 e. The highest BCUT2D eigenvalue weighted by Gasteiger charge is 2.16. The van der Waals surface area contributed by atoms with Crippen LogP contribution in [0.4, 0.5) is 0 Å². The van der Waals surface area contributed by atoms with Crippen LogP contribution in [0, 0.1) is 6.92 Å². The van der Waals surface area contributed by atoms with Crippen molar-refractivity contribution in [2.24, 2.45) is 0 Å². The molecule has 0 fully saturated rings. The number of nitrogens with zero attached hydrogens (tertiary/aromatic N) is 2. The number of fused-ring (bicyclic) bond motifs is 1. The highest BCUT2D eigenvalue weighted by atomic mass is 35.5. The lowest BCUT2D eigenvalue weighted by Crippen LogP contribution is -2.27. The first kappa shape index (κ1) is 13.9. The van der Waals surface area contributed by atoms with Crippen LogP contribution in [0.15, 0.2) is 18.2 Å². The van der Waals surface area contributed by atoms with Crippen molar-refractivity contribution in [1.29, 1.82) is 0 Å². The van der Waals surface area contributed by atoms with Gasteiger partial charge in [0, 0.05) is 6.54 Å². The molecule has 4 nitrogen and oxygen atoms in total. The van der Waals surface area contributed by atoms with E-state index >= 15 is 0 Å². The maximum Gasteiger partial charge on any atom is 0.239 e. The number of hydrogen-bond acceptors (Lipinski definition) is 2. The van der Waals surface area contributed by atoms with Crippen molar-refractivity contribution in [2.45, 2.75) is 32.7 Å². The molecular weight excluding hydrogens is 262 g/mol. The summed E-state index contributed by atoms with van der Waals surface area (Å²) in [5.41, 5.74) is 2.96. The van der Waals surface area contributed by atoms with Crippen LogP contribution in [0.5, 0.6) is 0 Å². The summed E-state index contributed by atoms with van der Waals surface area (Å²) in [4.78, 5) is 16.3. The number of halogens is 1. The van der Waals surface area contributed by atoms with Gasteiger partial charge in [0.15, 0.2) is 0 Å². The van der Waals surface area contributed by atoms with Gasteiger partial charge in [0.05, 0.1) is 16.4 Å². The van der Waals surface area contributed by atoms with E-state index in [9.17, 15) is 4.79 Å². The summed E-state index contributed by atoms with van der Waals surface area (Å²) in [6, 6.07) is 6.00. The normalized spacial score (nSPS) is 12.6. The van der Waals surface area contributed by atoms with Crippen molar-refractivity contribution in [2.75, 3.05) is 6.54 Å². The molecule has 1 amide bonds. The Morgan fingerprint density at radius 1 is 1.53 bits per heavy atom. The standard InChI is InChI=1S/C14H18ClN3O/c1-4-16-13(19)8-18-12-7-9(2)5-6-11(12)17-14(18)10(3)15/h5-7,10H,4,8H2,1-3H3,(H,16,19). The topological polar surface area (TPSA) is 46.9 Å². The van der Waals surface area contributed by atoms with Gasteiger partial charge in [-0.1, -0.05) is 6.07 Å². The van der Waals surface area contributed by atoms with Gasteiger partial charge in [0.2, 0.25) is 5.91 Å². The van der Waals surface area contributed by atoms with Gasteiger partial charge in [-0.05, 0) is 38.5 Å². The second-order valence-electron chi connectivity index (χ2n) is 4.62. The zero-order valence-electron chi connectivity index (χ0n) is 11.4. The Labute approximate surface area is 117 Å². The van der Waals surface area contributed by atoms with E-state index in [-0.39, 0.29) is 17.8 Å².